The largest absolute Gasteiger partial charge is 0.478 e. The Labute approximate surface area is 166 Å². The molecule has 0 saturated heterocycles. The summed E-state index contributed by atoms with van der Waals surface area (Å²) in [5.74, 6) is -1.25. The van der Waals surface area contributed by atoms with Crippen molar-refractivity contribution < 1.29 is 19.4 Å². The number of rotatable bonds is 8. The van der Waals surface area contributed by atoms with E-state index in [2.05, 4.69) is 20.5 Å². The molecule has 0 spiro atoms. The van der Waals surface area contributed by atoms with Crippen LogP contribution < -0.4 is 10.9 Å². The van der Waals surface area contributed by atoms with E-state index in [1.165, 1.54) is 28.4 Å². The van der Waals surface area contributed by atoms with Crippen LogP contribution in [0.15, 0.2) is 10.2 Å². The van der Waals surface area contributed by atoms with E-state index in [4.69, 9.17) is 4.74 Å². The molecular formula is C16H17N5O5S2. The number of nitrogens with one attached hydrogen (secondary N) is 1. The van der Waals surface area contributed by atoms with E-state index in [1.54, 1.807) is 0 Å². The lowest BCUT2D eigenvalue weighted by Crippen LogP contribution is -2.31. The second-order valence-electron chi connectivity index (χ2n) is 5.79. The Morgan fingerprint density at radius 3 is 2.82 bits per heavy atom. The minimum atomic E-state index is -1.20. The standard InChI is InChI=1S/C16H17N5O5S2/c1-3-4-9-17-13-12(8(7-27-13)15(24)25)14(23)21(9)5-10(22)18-16-20-19-11(28-16)6-26-2/h7H,3-6H2,1-2H3,(H,24,25)(H,18,20,22). The molecule has 0 fully saturated rings. The van der Waals surface area contributed by atoms with Gasteiger partial charge in [-0.25, -0.2) is 9.78 Å². The summed E-state index contributed by atoms with van der Waals surface area (Å²) in [6.45, 7) is 1.91. The van der Waals surface area contributed by atoms with E-state index in [9.17, 15) is 19.5 Å². The third kappa shape index (κ3) is 4.08. The van der Waals surface area contributed by atoms with Crippen LogP contribution in [0, 0.1) is 0 Å². The molecule has 0 unspecified atom stereocenters. The molecule has 3 aromatic rings. The monoisotopic (exact) mass is 423 g/mol. The fraction of sp³-hybridized carbons (Fsp3) is 0.375. The summed E-state index contributed by atoms with van der Waals surface area (Å²) in [4.78, 5) is 41.5. The highest BCUT2D eigenvalue weighted by molar-refractivity contribution is 7.17. The number of aromatic nitrogens is 4. The van der Waals surface area contributed by atoms with Gasteiger partial charge in [0.15, 0.2) is 0 Å². The van der Waals surface area contributed by atoms with Crippen molar-refractivity contribution in [3.63, 3.8) is 0 Å². The van der Waals surface area contributed by atoms with E-state index in [0.29, 0.717) is 28.5 Å². The van der Waals surface area contributed by atoms with Crippen LogP contribution in [0.4, 0.5) is 5.13 Å². The highest BCUT2D eigenvalue weighted by atomic mass is 32.1. The third-order valence-electron chi connectivity index (χ3n) is 3.76. The van der Waals surface area contributed by atoms with Gasteiger partial charge in [0.2, 0.25) is 11.0 Å². The average molecular weight is 423 g/mol. The number of carboxylic acids is 1. The number of aromatic carboxylic acids is 1. The molecule has 0 aliphatic heterocycles. The lowest BCUT2D eigenvalue weighted by atomic mass is 10.2. The SMILES string of the molecule is CCCc1nc2scc(C(=O)O)c2c(=O)n1CC(=O)Nc1nnc(COC)s1. The molecule has 12 heteroatoms. The second kappa shape index (κ2) is 8.54. The molecule has 1 amide bonds. The van der Waals surface area contributed by atoms with Gasteiger partial charge in [-0.1, -0.05) is 18.3 Å². The summed E-state index contributed by atoms with van der Waals surface area (Å²) in [5, 5.41) is 21.9. The zero-order chi connectivity index (χ0) is 20.3. The number of hydrogen-bond acceptors (Lipinski definition) is 9. The fourth-order valence-electron chi connectivity index (χ4n) is 2.59. The predicted octanol–water partition coefficient (Wildman–Crippen LogP) is 1.75. The van der Waals surface area contributed by atoms with Crippen LogP contribution in [0.25, 0.3) is 10.2 Å². The van der Waals surface area contributed by atoms with E-state index in [-0.39, 0.29) is 29.2 Å². The summed E-state index contributed by atoms with van der Waals surface area (Å²) < 4.78 is 6.18. The topological polar surface area (TPSA) is 136 Å². The lowest BCUT2D eigenvalue weighted by molar-refractivity contribution is -0.116. The number of fused-ring (bicyclic) bond motifs is 1. The molecule has 0 aromatic carbocycles. The fourth-order valence-corrected chi connectivity index (χ4v) is 4.24. The molecule has 0 aliphatic carbocycles. The smallest absolute Gasteiger partial charge is 0.337 e. The molecule has 0 radical (unpaired) electrons. The molecule has 3 rings (SSSR count). The Kier molecular flexibility index (Phi) is 6.11. The molecule has 0 bridgehead atoms. The van der Waals surface area contributed by atoms with Crippen molar-refractivity contribution in [2.24, 2.45) is 0 Å². The minimum Gasteiger partial charge on any atom is -0.478 e. The Hall–Kier alpha value is -2.70. The Morgan fingerprint density at radius 1 is 1.36 bits per heavy atom. The molecule has 0 aliphatic rings. The summed E-state index contributed by atoms with van der Waals surface area (Å²) >= 11 is 2.27. The molecule has 148 valence electrons. The maximum Gasteiger partial charge on any atom is 0.337 e. The number of nitrogens with zero attached hydrogens (tertiary/aromatic N) is 4. The first kappa shape index (κ1) is 20.0. The summed E-state index contributed by atoms with van der Waals surface area (Å²) in [5.41, 5.74) is -0.650. The van der Waals surface area contributed by atoms with Gasteiger partial charge in [0.05, 0.1) is 10.9 Å². The number of carbonyl (C=O) groups excluding carboxylic acids is 1. The molecule has 3 aromatic heterocycles. The van der Waals surface area contributed by atoms with E-state index >= 15 is 0 Å². The Morgan fingerprint density at radius 2 is 2.14 bits per heavy atom. The van der Waals surface area contributed by atoms with Crippen LogP contribution in [0.3, 0.4) is 0 Å². The van der Waals surface area contributed by atoms with Gasteiger partial charge in [0.25, 0.3) is 5.56 Å². The van der Waals surface area contributed by atoms with Gasteiger partial charge in [-0.05, 0) is 6.42 Å². The van der Waals surface area contributed by atoms with E-state index < -0.39 is 17.4 Å². The first-order chi connectivity index (χ1) is 13.4. The van der Waals surface area contributed by atoms with Crippen LogP contribution >= 0.6 is 22.7 Å². The Bertz CT molecular complexity index is 1090. The molecule has 28 heavy (non-hydrogen) atoms. The van der Waals surface area contributed by atoms with Gasteiger partial charge < -0.3 is 9.84 Å². The molecule has 0 atom stereocenters. The highest BCUT2D eigenvalue weighted by Crippen LogP contribution is 2.22. The van der Waals surface area contributed by atoms with Crippen molar-refractivity contribution in [3.8, 4) is 0 Å². The molecule has 3 heterocycles. The zero-order valence-corrected chi connectivity index (χ0v) is 16.7. The van der Waals surface area contributed by atoms with Crippen molar-refractivity contribution in [3.05, 3.63) is 32.1 Å². The van der Waals surface area contributed by atoms with E-state index in [0.717, 1.165) is 11.3 Å². The van der Waals surface area contributed by atoms with Crippen molar-refractivity contribution in [1.29, 1.82) is 0 Å². The number of amides is 1. The summed E-state index contributed by atoms with van der Waals surface area (Å²) in [6.07, 6.45) is 1.20. The number of methoxy groups -OCH3 is 1. The van der Waals surface area contributed by atoms with Crippen molar-refractivity contribution >= 4 is 49.9 Å². The predicted molar refractivity (Wildman–Crippen MR) is 104 cm³/mol. The average Bonchev–Trinajstić information content (AvgIpc) is 3.26. The molecule has 2 N–H and O–H groups in total. The number of hydrogen-bond donors (Lipinski definition) is 2. The third-order valence-corrected chi connectivity index (χ3v) is 5.44. The number of thiophene rings is 1. The normalized spacial score (nSPS) is 11.1. The highest BCUT2D eigenvalue weighted by Gasteiger charge is 2.21. The quantitative estimate of drug-likeness (QED) is 0.559. The number of ether oxygens (including phenoxy) is 1. The van der Waals surface area contributed by atoms with Gasteiger partial charge in [0, 0.05) is 18.9 Å². The van der Waals surface area contributed by atoms with Gasteiger partial charge in [-0.2, -0.15) is 0 Å². The number of carbonyl (C=O) groups is 2. The van der Waals surface area contributed by atoms with Gasteiger partial charge in [-0.3, -0.25) is 19.5 Å². The minimum absolute atomic E-state index is 0.0171. The van der Waals surface area contributed by atoms with Crippen LogP contribution in [-0.4, -0.2) is 43.8 Å². The van der Waals surface area contributed by atoms with Gasteiger partial charge >= 0.3 is 5.97 Å². The van der Waals surface area contributed by atoms with Crippen LogP contribution in [0.1, 0.15) is 34.5 Å². The second-order valence-corrected chi connectivity index (χ2v) is 7.71. The molecule has 10 nitrogen and oxygen atoms in total. The van der Waals surface area contributed by atoms with Gasteiger partial charge in [0.1, 0.15) is 28.8 Å². The maximum atomic E-state index is 12.9. The lowest BCUT2D eigenvalue weighted by Gasteiger charge is -2.11. The van der Waals surface area contributed by atoms with Crippen LogP contribution in [-0.2, 0) is 29.1 Å². The van der Waals surface area contributed by atoms with Crippen LogP contribution in [0.2, 0.25) is 0 Å². The zero-order valence-electron chi connectivity index (χ0n) is 15.1. The van der Waals surface area contributed by atoms with Crippen LogP contribution in [0.5, 0.6) is 0 Å². The number of aryl methyl sites for hydroxylation is 1. The van der Waals surface area contributed by atoms with E-state index in [1.807, 2.05) is 6.92 Å². The molecular weight excluding hydrogens is 406 g/mol. The molecule has 0 saturated carbocycles. The maximum absolute atomic E-state index is 12.9. The summed E-state index contributed by atoms with van der Waals surface area (Å²) in [6, 6.07) is 0. The number of anilines is 1. The first-order valence-electron chi connectivity index (χ1n) is 8.30. The Balaban J connectivity index is 1.93. The van der Waals surface area contributed by atoms with Gasteiger partial charge in [-0.15, -0.1) is 21.5 Å². The number of carboxylic acid groups (broad SMARTS) is 1. The van der Waals surface area contributed by atoms with Crippen molar-refractivity contribution in [2.75, 3.05) is 12.4 Å². The van der Waals surface area contributed by atoms with Crippen molar-refractivity contribution in [1.82, 2.24) is 19.7 Å². The summed E-state index contributed by atoms with van der Waals surface area (Å²) in [7, 11) is 1.53. The van der Waals surface area contributed by atoms with Crippen molar-refractivity contribution in [2.45, 2.75) is 32.9 Å². The first-order valence-corrected chi connectivity index (χ1v) is 9.99.